The smallest absolute Gasteiger partial charge is 0.252 e. The molecule has 2 aromatic carbocycles. The molecule has 1 amide bonds. The number of hydrogen-bond donors (Lipinski definition) is 1. The summed E-state index contributed by atoms with van der Waals surface area (Å²) in [5.41, 5.74) is 1.71. The third kappa shape index (κ3) is 4.66. The second kappa shape index (κ2) is 7.91. The third-order valence-corrected chi connectivity index (χ3v) is 4.18. The van der Waals surface area contributed by atoms with Crippen molar-refractivity contribution in [2.24, 2.45) is 0 Å². The van der Waals surface area contributed by atoms with Gasteiger partial charge in [-0.25, -0.2) is 0 Å². The molecule has 0 heterocycles. The van der Waals surface area contributed by atoms with E-state index < -0.39 is 0 Å². The van der Waals surface area contributed by atoms with Crippen LogP contribution in [0.2, 0.25) is 5.02 Å². The van der Waals surface area contributed by atoms with Crippen LogP contribution in [0.3, 0.4) is 0 Å². The molecule has 108 valence electrons. The molecule has 2 nitrogen and oxygen atoms in total. The minimum absolute atomic E-state index is 0.0721. The lowest BCUT2D eigenvalue weighted by molar-refractivity contribution is 0.0948. The zero-order valence-electron chi connectivity index (χ0n) is 11.5. The van der Waals surface area contributed by atoms with Crippen molar-refractivity contribution in [3.8, 4) is 0 Å². The van der Waals surface area contributed by atoms with Crippen molar-refractivity contribution in [3.63, 3.8) is 0 Å². The van der Waals surface area contributed by atoms with Gasteiger partial charge >= 0.3 is 0 Å². The summed E-state index contributed by atoms with van der Waals surface area (Å²) in [5.74, 6) is 0.707. The first-order chi connectivity index (χ1) is 10.2. The topological polar surface area (TPSA) is 29.1 Å². The van der Waals surface area contributed by atoms with Crippen LogP contribution in [0.25, 0.3) is 0 Å². The highest BCUT2D eigenvalue weighted by atomic mass is 35.5. The lowest BCUT2D eigenvalue weighted by atomic mass is 10.2. The first kappa shape index (κ1) is 15.7. The highest BCUT2D eigenvalue weighted by molar-refractivity contribution is 7.99. The number of amides is 1. The van der Waals surface area contributed by atoms with Crippen LogP contribution in [0.4, 0.5) is 0 Å². The third-order valence-electron chi connectivity index (χ3n) is 2.85. The Morgan fingerprint density at radius 1 is 1.19 bits per heavy atom. The van der Waals surface area contributed by atoms with E-state index in [9.17, 15) is 4.79 Å². The quantitative estimate of drug-likeness (QED) is 0.625. The van der Waals surface area contributed by atoms with Gasteiger partial charge in [-0.3, -0.25) is 4.79 Å². The van der Waals surface area contributed by atoms with E-state index in [1.807, 2.05) is 54.6 Å². The predicted octanol–water partition coefficient (Wildman–Crippen LogP) is 4.55. The van der Waals surface area contributed by atoms with Gasteiger partial charge in [0.2, 0.25) is 0 Å². The summed E-state index contributed by atoms with van der Waals surface area (Å²) in [4.78, 5) is 13.3. The fraction of sp³-hybridized carbons (Fsp3) is 0.118. The number of thioether (sulfide) groups is 1. The molecule has 0 aromatic heterocycles. The Morgan fingerprint density at radius 2 is 1.90 bits per heavy atom. The predicted molar refractivity (Wildman–Crippen MR) is 90.0 cm³/mol. The maximum absolute atomic E-state index is 12.3. The van der Waals surface area contributed by atoms with Gasteiger partial charge in [0.05, 0.1) is 5.56 Å². The van der Waals surface area contributed by atoms with Crippen molar-refractivity contribution in [3.05, 3.63) is 77.3 Å². The Labute approximate surface area is 134 Å². The molecule has 0 aliphatic carbocycles. The van der Waals surface area contributed by atoms with Gasteiger partial charge in [0.25, 0.3) is 5.91 Å². The van der Waals surface area contributed by atoms with E-state index in [0.29, 0.717) is 17.1 Å². The average Bonchev–Trinajstić information content (AvgIpc) is 2.52. The van der Waals surface area contributed by atoms with Gasteiger partial charge in [0.15, 0.2) is 0 Å². The Bertz CT molecular complexity index is 625. The molecule has 2 aromatic rings. The van der Waals surface area contributed by atoms with Crippen LogP contribution in [0.5, 0.6) is 0 Å². The van der Waals surface area contributed by atoms with Gasteiger partial charge in [0, 0.05) is 22.2 Å². The van der Waals surface area contributed by atoms with Crippen LogP contribution in [0.1, 0.15) is 15.9 Å². The van der Waals surface area contributed by atoms with Crippen LogP contribution in [0, 0.1) is 0 Å². The van der Waals surface area contributed by atoms with Crippen molar-refractivity contribution >= 4 is 29.3 Å². The lowest BCUT2D eigenvalue weighted by Crippen LogP contribution is -2.23. The molecule has 0 aliphatic heterocycles. The summed E-state index contributed by atoms with van der Waals surface area (Å²) in [5, 5.41) is 3.62. The van der Waals surface area contributed by atoms with E-state index in [-0.39, 0.29) is 5.91 Å². The maximum atomic E-state index is 12.3. The first-order valence-corrected chi connectivity index (χ1v) is 7.92. The molecule has 2 rings (SSSR count). The zero-order chi connectivity index (χ0) is 15.1. The molecule has 0 saturated heterocycles. The Kier molecular flexibility index (Phi) is 5.90. The van der Waals surface area contributed by atoms with Crippen LogP contribution in [-0.4, -0.2) is 11.7 Å². The Hall–Kier alpha value is -1.71. The number of carbonyl (C=O) groups is 1. The average molecular weight is 318 g/mol. The van der Waals surface area contributed by atoms with Gasteiger partial charge in [-0.1, -0.05) is 41.9 Å². The standard InChI is InChI=1S/C17H16ClNOS/c1-2-11-21-16-6-4-3-5-15(16)17(20)19-12-13-7-9-14(18)10-8-13/h2-10H,1,11-12H2,(H,19,20). The molecule has 0 radical (unpaired) electrons. The Morgan fingerprint density at radius 3 is 2.62 bits per heavy atom. The normalized spacial score (nSPS) is 10.1. The highest BCUT2D eigenvalue weighted by Gasteiger charge is 2.10. The second-order valence-corrected chi connectivity index (χ2v) is 5.90. The summed E-state index contributed by atoms with van der Waals surface area (Å²) in [6.07, 6.45) is 1.83. The minimum Gasteiger partial charge on any atom is -0.348 e. The molecule has 21 heavy (non-hydrogen) atoms. The van der Waals surface area contributed by atoms with Gasteiger partial charge in [0.1, 0.15) is 0 Å². The molecule has 0 fully saturated rings. The number of nitrogens with one attached hydrogen (secondary N) is 1. The number of carbonyl (C=O) groups excluding carboxylic acids is 1. The fourth-order valence-electron chi connectivity index (χ4n) is 1.81. The molecule has 0 atom stereocenters. The van der Waals surface area contributed by atoms with Crippen molar-refractivity contribution in [2.75, 3.05) is 5.75 Å². The molecular weight excluding hydrogens is 302 g/mol. The molecule has 4 heteroatoms. The van der Waals surface area contributed by atoms with Crippen LogP contribution < -0.4 is 5.32 Å². The fourth-order valence-corrected chi connectivity index (χ4v) is 2.72. The summed E-state index contributed by atoms with van der Waals surface area (Å²) < 4.78 is 0. The number of hydrogen-bond acceptors (Lipinski definition) is 2. The largest absolute Gasteiger partial charge is 0.348 e. The summed E-state index contributed by atoms with van der Waals surface area (Å²) in [7, 11) is 0. The lowest BCUT2D eigenvalue weighted by Gasteiger charge is -2.09. The molecule has 1 N–H and O–H groups in total. The zero-order valence-corrected chi connectivity index (χ0v) is 13.1. The summed E-state index contributed by atoms with van der Waals surface area (Å²) >= 11 is 7.44. The second-order valence-electron chi connectivity index (χ2n) is 4.40. The van der Waals surface area contributed by atoms with Gasteiger partial charge in [-0.2, -0.15) is 0 Å². The summed E-state index contributed by atoms with van der Waals surface area (Å²) in [6.45, 7) is 4.18. The number of rotatable bonds is 6. The van der Waals surface area contributed by atoms with Crippen LogP contribution in [-0.2, 0) is 6.54 Å². The van der Waals surface area contributed by atoms with Crippen LogP contribution in [0.15, 0.2) is 66.1 Å². The first-order valence-electron chi connectivity index (χ1n) is 6.56. The van der Waals surface area contributed by atoms with Gasteiger partial charge in [-0.05, 0) is 29.8 Å². The molecule has 0 spiro atoms. The van der Waals surface area contributed by atoms with E-state index in [1.165, 1.54) is 0 Å². The van der Waals surface area contributed by atoms with E-state index in [4.69, 9.17) is 11.6 Å². The monoisotopic (exact) mass is 317 g/mol. The van der Waals surface area contributed by atoms with Crippen molar-refractivity contribution in [1.29, 1.82) is 0 Å². The highest BCUT2D eigenvalue weighted by Crippen LogP contribution is 2.22. The molecule has 0 aliphatic rings. The molecular formula is C17H16ClNOS. The van der Waals surface area contributed by atoms with Gasteiger partial charge in [-0.15, -0.1) is 18.3 Å². The van der Waals surface area contributed by atoms with Crippen LogP contribution >= 0.6 is 23.4 Å². The van der Waals surface area contributed by atoms with E-state index in [0.717, 1.165) is 16.2 Å². The molecule has 0 unspecified atom stereocenters. The number of halogens is 1. The van der Waals surface area contributed by atoms with E-state index in [1.54, 1.807) is 11.8 Å². The maximum Gasteiger partial charge on any atom is 0.252 e. The SMILES string of the molecule is C=CCSc1ccccc1C(=O)NCc1ccc(Cl)cc1. The van der Waals surface area contributed by atoms with Crippen molar-refractivity contribution < 1.29 is 4.79 Å². The minimum atomic E-state index is -0.0721. The Balaban J connectivity index is 2.02. The van der Waals surface area contributed by atoms with Crippen molar-refractivity contribution in [2.45, 2.75) is 11.4 Å². The van der Waals surface area contributed by atoms with Crippen molar-refractivity contribution in [1.82, 2.24) is 5.32 Å². The van der Waals surface area contributed by atoms with Gasteiger partial charge < -0.3 is 5.32 Å². The molecule has 0 bridgehead atoms. The molecule has 0 saturated carbocycles. The summed E-state index contributed by atoms with van der Waals surface area (Å²) in [6, 6.07) is 15.0. The van der Waals surface area contributed by atoms with E-state index >= 15 is 0 Å². The van der Waals surface area contributed by atoms with E-state index in [2.05, 4.69) is 11.9 Å². The number of benzene rings is 2.